The van der Waals surface area contributed by atoms with Crippen LogP contribution < -0.4 is 10.9 Å². The number of aromatic nitrogens is 2. The predicted molar refractivity (Wildman–Crippen MR) is 86.3 cm³/mol. The van der Waals surface area contributed by atoms with Crippen LogP contribution in [0.15, 0.2) is 47.3 Å². The van der Waals surface area contributed by atoms with Crippen molar-refractivity contribution < 1.29 is 9.18 Å². The molecule has 23 heavy (non-hydrogen) atoms. The largest absolute Gasteiger partial charge is 0.320 e. The standard InChI is InChI=1S/C16H11ClFN3O2/c1-21-13-5-3-2-4-12(13)20-14(16(21)23)15(22)19-9-6-7-11(18)10(17)8-9/h2-8H,1H3,(H,19,22). The lowest BCUT2D eigenvalue weighted by molar-refractivity contribution is 0.102. The summed E-state index contributed by atoms with van der Waals surface area (Å²) in [5, 5.41) is 2.37. The molecule has 0 aliphatic carbocycles. The molecule has 0 saturated carbocycles. The second-order valence-corrected chi connectivity index (χ2v) is 5.30. The average Bonchev–Trinajstić information content (AvgIpc) is 2.54. The third kappa shape index (κ3) is 2.80. The molecule has 2 aromatic carbocycles. The lowest BCUT2D eigenvalue weighted by Gasteiger charge is -2.08. The van der Waals surface area contributed by atoms with E-state index < -0.39 is 17.3 Å². The first kappa shape index (κ1) is 15.2. The van der Waals surface area contributed by atoms with Crippen LogP contribution in [0.25, 0.3) is 11.0 Å². The third-order valence-corrected chi connectivity index (χ3v) is 3.66. The summed E-state index contributed by atoms with van der Waals surface area (Å²) in [7, 11) is 1.57. The van der Waals surface area contributed by atoms with Gasteiger partial charge in [0.05, 0.1) is 16.1 Å². The predicted octanol–water partition coefficient (Wildman–Crippen LogP) is 2.98. The summed E-state index contributed by atoms with van der Waals surface area (Å²) in [6, 6.07) is 10.7. The van der Waals surface area contributed by atoms with Crippen molar-refractivity contribution in [1.29, 1.82) is 0 Å². The number of carbonyl (C=O) groups excluding carboxylic acids is 1. The van der Waals surface area contributed by atoms with Gasteiger partial charge >= 0.3 is 0 Å². The van der Waals surface area contributed by atoms with E-state index in [9.17, 15) is 14.0 Å². The molecule has 1 heterocycles. The van der Waals surface area contributed by atoms with E-state index in [2.05, 4.69) is 10.3 Å². The van der Waals surface area contributed by atoms with Crippen LogP contribution in [0.4, 0.5) is 10.1 Å². The van der Waals surface area contributed by atoms with E-state index >= 15 is 0 Å². The molecule has 0 aliphatic rings. The van der Waals surface area contributed by atoms with Crippen molar-refractivity contribution >= 4 is 34.2 Å². The van der Waals surface area contributed by atoms with E-state index in [0.29, 0.717) is 11.0 Å². The van der Waals surface area contributed by atoms with Crippen molar-refractivity contribution in [2.45, 2.75) is 0 Å². The smallest absolute Gasteiger partial charge is 0.282 e. The van der Waals surface area contributed by atoms with Crippen LogP contribution >= 0.6 is 11.6 Å². The first-order chi connectivity index (χ1) is 11.0. The molecule has 1 N–H and O–H groups in total. The summed E-state index contributed by atoms with van der Waals surface area (Å²) >= 11 is 5.67. The normalized spacial score (nSPS) is 10.7. The maximum atomic E-state index is 13.1. The minimum atomic E-state index is -0.681. The van der Waals surface area contributed by atoms with Crippen LogP contribution in [-0.2, 0) is 7.05 Å². The molecule has 7 heteroatoms. The van der Waals surface area contributed by atoms with Crippen LogP contribution in [0.3, 0.4) is 0 Å². The molecule has 0 radical (unpaired) electrons. The molecule has 1 amide bonds. The molecule has 0 bridgehead atoms. The summed E-state index contributed by atoms with van der Waals surface area (Å²) in [5.74, 6) is -1.27. The molecule has 0 fully saturated rings. The molecule has 0 atom stereocenters. The van der Waals surface area contributed by atoms with Crippen molar-refractivity contribution in [2.75, 3.05) is 5.32 Å². The summed E-state index contributed by atoms with van der Waals surface area (Å²) in [6.07, 6.45) is 0. The summed E-state index contributed by atoms with van der Waals surface area (Å²) in [6.45, 7) is 0. The van der Waals surface area contributed by atoms with Gasteiger partial charge in [0.1, 0.15) is 5.82 Å². The molecule has 3 rings (SSSR count). The maximum absolute atomic E-state index is 13.1. The second-order valence-electron chi connectivity index (χ2n) is 4.90. The summed E-state index contributed by atoms with van der Waals surface area (Å²) in [5.41, 5.74) is 0.662. The molecule has 5 nitrogen and oxygen atoms in total. The molecular weight excluding hydrogens is 321 g/mol. The maximum Gasteiger partial charge on any atom is 0.282 e. The highest BCUT2D eigenvalue weighted by Gasteiger charge is 2.16. The molecular formula is C16H11ClFN3O2. The average molecular weight is 332 g/mol. The van der Waals surface area contributed by atoms with Crippen LogP contribution in [0.1, 0.15) is 10.5 Å². The van der Waals surface area contributed by atoms with E-state index in [1.807, 2.05) is 0 Å². The Bertz CT molecular complexity index is 985. The molecule has 0 spiro atoms. The van der Waals surface area contributed by atoms with Crippen LogP contribution in [0.5, 0.6) is 0 Å². The van der Waals surface area contributed by atoms with E-state index in [1.54, 1.807) is 31.3 Å². The number of anilines is 1. The minimum Gasteiger partial charge on any atom is -0.320 e. The Morgan fingerprint density at radius 2 is 2.00 bits per heavy atom. The fourth-order valence-corrected chi connectivity index (χ4v) is 2.37. The van der Waals surface area contributed by atoms with Gasteiger partial charge in [0, 0.05) is 12.7 Å². The highest BCUT2D eigenvalue weighted by atomic mass is 35.5. The second kappa shape index (κ2) is 5.81. The molecule has 0 saturated heterocycles. The van der Waals surface area contributed by atoms with E-state index in [1.165, 1.54) is 16.7 Å². The number of fused-ring (bicyclic) bond motifs is 1. The molecule has 116 valence electrons. The van der Waals surface area contributed by atoms with E-state index in [-0.39, 0.29) is 16.4 Å². The van der Waals surface area contributed by atoms with Gasteiger partial charge in [-0.05, 0) is 30.3 Å². The quantitative estimate of drug-likeness (QED) is 0.785. The number of halogens is 2. The fourth-order valence-electron chi connectivity index (χ4n) is 2.19. The van der Waals surface area contributed by atoms with Gasteiger partial charge in [-0.1, -0.05) is 23.7 Å². The Hall–Kier alpha value is -2.73. The van der Waals surface area contributed by atoms with Crippen LogP contribution in [-0.4, -0.2) is 15.5 Å². The summed E-state index contributed by atoms with van der Waals surface area (Å²) < 4.78 is 14.5. The highest BCUT2D eigenvalue weighted by Crippen LogP contribution is 2.19. The van der Waals surface area contributed by atoms with Crippen molar-refractivity contribution in [2.24, 2.45) is 7.05 Å². The van der Waals surface area contributed by atoms with Crippen molar-refractivity contribution in [1.82, 2.24) is 9.55 Å². The first-order valence-corrected chi connectivity index (χ1v) is 7.07. The Morgan fingerprint density at radius 3 is 2.74 bits per heavy atom. The van der Waals surface area contributed by atoms with Gasteiger partial charge in [0.25, 0.3) is 11.5 Å². The highest BCUT2D eigenvalue weighted by molar-refractivity contribution is 6.31. The van der Waals surface area contributed by atoms with Gasteiger partial charge in [-0.25, -0.2) is 9.37 Å². The number of aryl methyl sites for hydroxylation is 1. The van der Waals surface area contributed by atoms with E-state index in [0.717, 1.165) is 6.07 Å². The van der Waals surface area contributed by atoms with E-state index in [4.69, 9.17) is 11.6 Å². The van der Waals surface area contributed by atoms with Crippen molar-refractivity contribution in [3.63, 3.8) is 0 Å². The number of benzene rings is 2. The van der Waals surface area contributed by atoms with Gasteiger partial charge in [-0.15, -0.1) is 0 Å². The van der Waals surface area contributed by atoms with Crippen molar-refractivity contribution in [3.05, 3.63) is 69.4 Å². The number of amides is 1. The van der Waals surface area contributed by atoms with Gasteiger partial charge in [0.2, 0.25) is 0 Å². The zero-order chi connectivity index (χ0) is 16.6. The third-order valence-electron chi connectivity index (χ3n) is 3.38. The van der Waals surface area contributed by atoms with Crippen LogP contribution in [0, 0.1) is 5.82 Å². The monoisotopic (exact) mass is 331 g/mol. The first-order valence-electron chi connectivity index (χ1n) is 6.69. The Labute approximate surface area is 135 Å². The van der Waals surface area contributed by atoms with Gasteiger partial charge in [-0.3, -0.25) is 9.59 Å². The number of nitrogens with zero attached hydrogens (tertiary/aromatic N) is 2. The molecule has 0 unspecified atom stereocenters. The van der Waals surface area contributed by atoms with Gasteiger partial charge < -0.3 is 9.88 Å². The Kier molecular flexibility index (Phi) is 3.83. The zero-order valence-corrected chi connectivity index (χ0v) is 12.8. The van der Waals surface area contributed by atoms with Gasteiger partial charge in [-0.2, -0.15) is 0 Å². The minimum absolute atomic E-state index is 0.123. The number of rotatable bonds is 2. The Balaban J connectivity index is 2.02. The Morgan fingerprint density at radius 1 is 1.26 bits per heavy atom. The van der Waals surface area contributed by atoms with Crippen molar-refractivity contribution in [3.8, 4) is 0 Å². The number of hydrogen-bond acceptors (Lipinski definition) is 3. The van der Waals surface area contributed by atoms with Gasteiger partial charge in [0.15, 0.2) is 5.69 Å². The molecule has 0 aliphatic heterocycles. The molecule has 1 aromatic heterocycles. The summed E-state index contributed by atoms with van der Waals surface area (Å²) in [4.78, 5) is 28.7. The fraction of sp³-hybridized carbons (Fsp3) is 0.0625. The topological polar surface area (TPSA) is 64.0 Å². The SMILES string of the molecule is Cn1c(=O)c(C(=O)Nc2ccc(F)c(Cl)c2)nc2ccccc21. The molecule has 3 aromatic rings. The zero-order valence-electron chi connectivity index (χ0n) is 12.0. The van der Waals surface area contributed by atoms with Crippen LogP contribution in [0.2, 0.25) is 5.02 Å². The number of hydrogen-bond donors (Lipinski definition) is 1. The lowest BCUT2D eigenvalue weighted by Crippen LogP contribution is -2.29. The number of para-hydroxylation sites is 2. The number of nitrogens with one attached hydrogen (secondary N) is 1. The number of carbonyl (C=O) groups is 1. The lowest BCUT2D eigenvalue weighted by atomic mass is 10.2.